The fraction of sp³-hybridized carbons (Fsp3) is 0.600. The molecule has 0 aliphatic heterocycles. The van der Waals surface area contributed by atoms with Crippen molar-refractivity contribution in [3.8, 4) is 0 Å². The van der Waals surface area contributed by atoms with E-state index in [1.165, 1.54) is 0 Å². The second-order valence-corrected chi connectivity index (χ2v) is 1.44. The standard InChI is InChI=1S/C5H9NO2/c1-2-5(3-7)6-4-8/h3-5H,2H2,1H3,(H,6,8)/t5-/m0/s1. The van der Waals surface area contributed by atoms with Gasteiger partial charge in [-0.25, -0.2) is 0 Å². The summed E-state index contributed by atoms with van der Waals surface area (Å²) in [4.78, 5) is 19.6. The van der Waals surface area contributed by atoms with Crippen LogP contribution in [0.4, 0.5) is 0 Å². The minimum atomic E-state index is -0.299. The molecule has 0 rings (SSSR count). The van der Waals surface area contributed by atoms with Crippen LogP contribution < -0.4 is 5.32 Å². The Morgan fingerprint density at radius 3 is 2.38 bits per heavy atom. The smallest absolute Gasteiger partial charge is 0.207 e. The van der Waals surface area contributed by atoms with Crippen LogP contribution in [0.3, 0.4) is 0 Å². The SMILES string of the molecule is CC[C@@H](C=O)NC=O. The van der Waals surface area contributed by atoms with Crippen LogP contribution in [-0.4, -0.2) is 18.7 Å². The predicted molar refractivity (Wildman–Crippen MR) is 29.3 cm³/mol. The molecule has 0 radical (unpaired) electrons. The molecule has 0 saturated carbocycles. The molecule has 1 N–H and O–H groups in total. The first-order valence-corrected chi connectivity index (χ1v) is 2.50. The molecule has 3 nitrogen and oxygen atoms in total. The number of carbonyl (C=O) groups excluding carboxylic acids is 2. The predicted octanol–water partition coefficient (Wildman–Crippen LogP) is -0.290. The number of hydrogen-bond acceptors (Lipinski definition) is 2. The Balaban J connectivity index is 3.35. The molecule has 0 spiro atoms. The molecule has 8 heavy (non-hydrogen) atoms. The highest BCUT2D eigenvalue weighted by Gasteiger charge is 1.97. The lowest BCUT2D eigenvalue weighted by molar-refractivity contribution is -0.115. The Hall–Kier alpha value is -0.860. The molecule has 46 valence electrons. The van der Waals surface area contributed by atoms with Gasteiger partial charge in [-0.3, -0.25) is 4.79 Å². The average molecular weight is 115 g/mol. The molecule has 0 aromatic rings. The van der Waals surface area contributed by atoms with Crippen molar-refractivity contribution in [2.45, 2.75) is 19.4 Å². The van der Waals surface area contributed by atoms with Crippen LogP contribution in [0.15, 0.2) is 0 Å². The van der Waals surface area contributed by atoms with Crippen molar-refractivity contribution in [1.29, 1.82) is 0 Å². The first-order valence-electron chi connectivity index (χ1n) is 2.50. The van der Waals surface area contributed by atoms with Crippen LogP contribution in [0.5, 0.6) is 0 Å². The van der Waals surface area contributed by atoms with Gasteiger partial charge in [0, 0.05) is 0 Å². The highest BCUT2D eigenvalue weighted by atomic mass is 16.1. The van der Waals surface area contributed by atoms with Gasteiger partial charge in [-0.05, 0) is 6.42 Å². The van der Waals surface area contributed by atoms with Gasteiger partial charge in [0.1, 0.15) is 6.29 Å². The Bertz CT molecular complexity index is 82.5. The Kier molecular flexibility index (Phi) is 3.84. The second kappa shape index (κ2) is 4.30. The van der Waals surface area contributed by atoms with Crippen molar-refractivity contribution in [3.05, 3.63) is 0 Å². The van der Waals surface area contributed by atoms with Crippen LogP contribution in [0.1, 0.15) is 13.3 Å². The van der Waals surface area contributed by atoms with Crippen LogP contribution in [0.2, 0.25) is 0 Å². The number of amides is 1. The molecule has 0 aliphatic carbocycles. The molecule has 0 aromatic carbocycles. The summed E-state index contributed by atoms with van der Waals surface area (Å²) >= 11 is 0. The summed E-state index contributed by atoms with van der Waals surface area (Å²) in [7, 11) is 0. The van der Waals surface area contributed by atoms with Crippen molar-refractivity contribution in [2.24, 2.45) is 0 Å². The van der Waals surface area contributed by atoms with Crippen molar-refractivity contribution < 1.29 is 9.59 Å². The molecule has 1 amide bonds. The highest BCUT2D eigenvalue weighted by Crippen LogP contribution is 1.80. The van der Waals surface area contributed by atoms with Crippen molar-refractivity contribution in [2.75, 3.05) is 0 Å². The third kappa shape index (κ3) is 2.34. The average Bonchev–Trinajstić information content (AvgIpc) is 1.83. The number of carbonyl (C=O) groups is 2. The van der Waals surface area contributed by atoms with E-state index in [1.807, 2.05) is 6.92 Å². The first-order chi connectivity index (χ1) is 3.85. The largest absolute Gasteiger partial charge is 0.349 e. The lowest BCUT2D eigenvalue weighted by atomic mass is 10.3. The lowest BCUT2D eigenvalue weighted by Crippen LogP contribution is -2.27. The maximum absolute atomic E-state index is 9.90. The van der Waals surface area contributed by atoms with Crippen LogP contribution in [-0.2, 0) is 9.59 Å². The molecular formula is C5H9NO2. The summed E-state index contributed by atoms with van der Waals surface area (Å²) in [6.45, 7) is 1.83. The molecule has 0 heterocycles. The van der Waals surface area contributed by atoms with Gasteiger partial charge >= 0.3 is 0 Å². The third-order valence-electron chi connectivity index (χ3n) is 0.886. The molecular weight excluding hydrogens is 106 g/mol. The van der Waals surface area contributed by atoms with Gasteiger partial charge in [-0.15, -0.1) is 0 Å². The Morgan fingerprint density at radius 1 is 1.62 bits per heavy atom. The van der Waals surface area contributed by atoms with Gasteiger partial charge < -0.3 is 10.1 Å². The molecule has 0 fully saturated rings. The monoisotopic (exact) mass is 115 g/mol. The quantitative estimate of drug-likeness (QED) is 0.512. The zero-order valence-corrected chi connectivity index (χ0v) is 4.76. The molecule has 0 bridgehead atoms. The summed E-state index contributed by atoms with van der Waals surface area (Å²) in [6, 6.07) is -0.299. The number of aldehydes is 1. The van der Waals surface area contributed by atoms with Crippen molar-refractivity contribution in [1.82, 2.24) is 5.32 Å². The van der Waals surface area contributed by atoms with E-state index < -0.39 is 0 Å². The maximum Gasteiger partial charge on any atom is 0.207 e. The second-order valence-electron chi connectivity index (χ2n) is 1.44. The van der Waals surface area contributed by atoms with Gasteiger partial charge in [0.25, 0.3) is 0 Å². The van der Waals surface area contributed by atoms with Gasteiger partial charge in [-0.1, -0.05) is 6.92 Å². The Morgan fingerprint density at radius 2 is 2.25 bits per heavy atom. The highest BCUT2D eigenvalue weighted by molar-refractivity contribution is 5.63. The van der Waals surface area contributed by atoms with Crippen LogP contribution in [0, 0.1) is 0 Å². The minimum Gasteiger partial charge on any atom is -0.349 e. The van der Waals surface area contributed by atoms with Crippen LogP contribution in [0.25, 0.3) is 0 Å². The van der Waals surface area contributed by atoms with Gasteiger partial charge in [0.2, 0.25) is 6.41 Å². The normalized spacial score (nSPS) is 12.1. The zero-order valence-electron chi connectivity index (χ0n) is 4.76. The molecule has 0 saturated heterocycles. The summed E-state index contributed by atoms with van der Waals surface area (Å²) in [6.07, 6.45) is 1.90. The van der Waals surface area contributed by atoms with Gasteiger partial charge in [0.05, 0.1) is 6.04 Å². The molecule has 0 aliphatic rings. The molecule has 3 heteroatoms. The molecule has 1 atom stereocenters. The topological polar surface area (TPSA) is 46.2 Å². The first kappa shape index (κ1) is 7.14. The van der Waals surface area contributed by atoms with E-state index in [0.29, 0.717) is 19.1 Å². The number of hydrogen-bond donors (Lipinski definition) is 1. The Labute approximate surface area is 48.1 Å². The van der Waals surface area contributed by atoms with Crippen molar-refractivity contribution in [3.63, 3.8) is 0 Å². The lowest BCUT2D eigenvalue weighted by Gasteiger charge is -2.01. The van der Waals surface area contributed by atoms with Gasteiger partial charge in [-0.2, -0.15) is 0 Å². The third-order valence-corrected chi connectivity index (χ3v) is 0.886. The zero-order chi connectivity index (χ0) is 6.41. The fourth-order valence-corrected chi connectivity index (χ4v) is 0.341. The van der Waals surface area contributed by atoms with Gasteiger partial charge in [0.15, 0.2) is 0 Å². The minimum absolute atomic E-state index is 0.299. The van der Waals surface area contributed by atoms with E-state index >= 15 is 0 Å². The summed E-state index contributed by atoms with van der Waals surface area (Å²) in [5, 5.41) is 2.33. The fourth-order valence-electron chi connectivity index (χ4n) is 0.341. The van der Waals surface area contributed by atoms with E-state index in [2.05, 4.69) is 5.32 Å². The summed E-state index contributed by atoms with van der Waals surface area (Å²) in [5.74, 6) is 0. The van der Waals surface area contributed by atoms with Crippen LogP contribution >= 0.6 is 0 Å². The summed E-state index contributed by atoms with van der Waals surface area (Å²) < 4.78 is 0. The van der Waals surface area contributed by atoms with E-state index in [-0.39, 0.29) is 6.04 Å². The molecule has 0 unspecified atom stereocenters. The maximum atomic E-state index is 9.90. The number of rotatable bonds is 4. The summed E-state index contributed by atoms with van der Waals surface area (Å²) in [5.41, 5.74) is 0. The van der Waals surface area contributed by atoms with E-state index in [9.17, 15) is 9.59 Å². The van der Waals surface area contributed by atoms with Crippen molar-refractivity contribution >= 4 is 12.7 Å². The molecule has 0 aromatic heterocycles. The number of nitrogens with one attached hydrogen (secondary N) is 1. The van der Waals surface area contributed by atoms with E-state index in [0.717, 1.165) is 0 Å². The van der Waals surface area contributed by atoms with E-state index in [4.69, 9.17) is 0 Å². The van der Waals surface area contributed by atoms with E-state index in [1.54, 1.807) is 0 Å².